The van der Waals surface area contributed by atoms with Crippen molar-refractivity contribution in [3.8, 4) is 0 Å². The van der Waals surface area contributed by atoms with E-state index in [9.17, 15) is 45.3 Å². The Morgan fingerprint density at radius 2 is 0.864 bits per heavy atom. The molecule has 0 radical (unpaired) electrons. The average Bonchev–Trinajstić information content (AvgIpc) is 3.23. The lowest BCUT2D eigenvalue weighted by molar-refractivity contribution is -0.332. The number of carbonyl (C=O) groups excluding carboxylic acids is 2. The first-order chi connectivity index (χ1) is 28.5. The number of carbonyl (C=O) groups is 2. The number of hydrogen-bond donors (Lipinski definition) is 7. The van der Waals surface area contributed by atoms with Crippen molar-refractivity contribution < 1.29 is 73.8 Å². The third-order valence-corrected chi connectivity index (χ3v) is 11.3. The molecule has 2 aliphatic heterocycles. The van der Waals surface area contributed by atoms with Gasteiger partial charge in [-0.1, -0.05) is 149 Å². The molecule has 15 nitrogen and oxygen atoms in total. The standard InChI is InChI=1S/C44H82O15/c1-3-5-7-9-11-13-14-15-16-17-18-19-21-22-24-26-35(46)54-29-32(57-36(47)27-25-23-20-12-10-8-6-4-2)30-55-43-42(53)40(51)38(49)34(59-43)31-56-44-41(52)39(50)37(48)33(28-45)58-44/h32-34,37-45,48-53H,3-31H2,1-2H3/t32-,33-,34-,37+,38+,39?,40?,41?,42?,43-,44-/m1/s1. The van der Waals surface area contributed by atoms with Gasteiger partial charge in [-0.15, -0.1) is 0 Å². The first-order valence-electron chi connectivity index (χ1n) is 23.1. The van der Waals surface area contributed by atoms with Crippen LogP contribution in [0.4, 0.5) is 0 Å². The summed E-state index contributed by atoms with van der Waals surface area (Å²) in [4.78, 5) is 25.5. The van der Waals surface area contributed by atoms with E-state index >= 15 is 0 Å². The molecule has 7 N–H and O–H groups in total. The van der Waals surface area contributed by atoms with E-state index in [1.807, 2.05) is 0 Å². The molecule has 11 atom stereocenters. The summed E-state index contributed by atoms with van der Waals surface area (Å²) in [6, 6.07) is 0. The van der Waals surface area contributed by atoms with E-state index in [1.165, 1.54) is 96.3 Å². The minimum Gasteiger partial charge on any atom is -0.462 e. The topological polar surface area (TPSA) is 231 Å². The predicted molar refractivity (Wildman–Crippen MR) is 220 cm³/mol. The summed E-state index contributed by atoms with van der Waals surface area (Å²) in [7, 11) is 0. The number of hydrogen-bond acceptors (Lipinski definition) is 15. The van der Waals surface area contributed by atoms with Crippen molar-refractivity contribution >= 4 is 11.9 Å². The molecular formula is C44H82O15. The monoisotopic (exact) mass is 851 g/mol. The van der Waals surface area contributed by atoms with Crippen LogP contribution in [0, 0.1) is 0 Å². The second kappa shape index (κ2) is 33.1. The van der Waals surface area contributed by atoms with Crippen LogP contribution in [0.2, 0.25) is 0 Å². The molecule has 0 saturated carbocycles. The Hall–Kier alpha value is -1.50. The summed E-state index contributed by atoms with van der Waals surface area (Å²) in [5, 5.41) is 71.7. The number of aliphatic hydroxyl groups excluding tert-OH is 7. The SMILES string of the molecule is CCCCCCCCCCCCCCCCCC(=O)OC[C@H](CO[C@@H]1O[C@H](CO[C@@H]2O[C@H](CO)[C@H](O)C(O)C2O)[C@H](O)C(O)C1O)OC(=O)CCCCCCCCCC. The molecular weight excluding hydrogens is 768 g/mol. The summed E-state index contributed by atoms with van der Waals surface area (Å²) in [6.45, 7) is 2.55. The Morgan fingerprint density at radius 3 is 1.32 bits per heavy atom. The molecule has 0 aromatic rings. The van der Waals surface area contributed by atoms with Gasteiger partial charge in [-0.25, -0.2) is 0 Å². The molecule has 0 aliphatic carbocycles. The van der Waals surface area contributed by atoms with Crippen molar-refractivity contribution in [2.24, 2.45) is 0 Å². The minimum absolute atomic E-state index is 0.170. The van der Waals surface area contributed by atoms with Crippen LogP contribution >= 0.6 is 0 Å². The number of esters is 2. The van der Waals surface area contributed by atoms with Crippen molar-refractivity contribution in [3.63, 3.8) is 0 Å². The molecule has 0 spiro atoms. The Balaban J connectivity index is 1.82. The Kier molecular flexibility index (Phi) is 30.1. The third-order valence-electron chi connectivity index (χ3n) is 11.3. The second-order valence-corrected chi connectivity index (χ2v) is 16.6. The van der Waals surface area contributed by atoms with E-state index in [0.29, 0.717) is 12.8 Å². The van der Waals surface area contributed by atoms with Crippen LogP contribution in [0.3, 0.4) is 0 Å². The molecule has 0 bridgehead atoms. The molecule has 2 aliphatic rings. The van der Waals surface area contributed by atoms with Gasteiger partial charge in [0.05, 0.1) is 19.8 Å². The molecule has 0 amide bonds. The van der Waals surface area contributed by atoms with Crippen molar-refractivity contribution in [1.29, 1.82) is 0 Å². The van der Waals surface area contributed by atoms with Gasteiger partial charge in [0.2, 0.25) is 0 Å². The molecule has 0 aromatic heterocycles. The highest BCUT2D eigenvalue weighted by Gasteiger charge is 2.47. The van der Waals surface area contributed by atoms with E-state index in [-0.39, 0.29) is 26.1 Å². The third kappa shape index (κ3) is 22.4. The van der Waals surface area contributed by atoms with Gasteiger partial charge in [-0.3, -0.25) is 9.59 Å². The molecule has 59 heavy (non-hydrogen) atoms. The van der Waals surface area contributed by atoms with Crippen molar-refractivity contribution in [2.75, 3.05) is 26.4 Å². The quantitative estimate of drug-likeness (QED) is 0.0333. The summed E-state index contributed by atoms with van der Waals surface area (Å²) < 4.78 is 33.4. The van der Waals surface area contributed by atoms with Gasteiger partial charge in [0, 0.05) is 12.8 Å². The highest BCUT2D eigenvalue weighted by atomic mass is 16.7. The Bertz CT molecular complexity index is 1050. The second-order valence-electron chi connectivity index (χ2n) is 16.6. The average molecular weight is 851 g/mol. The number of rotatable bonds is 35. The molecule has 4 unspecified atom stereocenters. The lowest BCUT2D eigenvalue weighted by Gasteiger charge is -2.42. The van der Waals surface area contributed by atoms with E-state index in [0.717, 1.165) is 38.5 Å². The smallest absolute Gasteiger partial charge is 0.306 e. The van der Waals surface area contributed by atoms with Crippen LogP contribution in [0.5, 0.6) is 0 Å². The van der Waals surface area contributed by atoms with Crippen LogP contribution in [0.1, 0.15) is 174 Å². The fourth-order valence-electron chi connectivity index (χ4n) is 7.45. The fraction of sp³-hybridized carbons (Fsp3) is 0.955. The van der Waals surface area contributed by atoms with Crippen LogP contribution in [-0.2, 0) is 38.0 Å². The lowest BCUT2D eigenvalue weighted by Crippen LogP contribution is -2.61. The molecule has 2 rings (SSSR count). The van der Waals surface area contributed by atoms with Gasteiger partial charge in [0.15, 0.2) is 18.7 Å². The first kappa shape index (κ1) is 53.6. The van der Waals surface area contributed by atoms with Gasteiger partial charge in [0.1, 0.15) is 55.4 Å². The van der Waals surface area contributed by atoms with E-state index in [1.54, 1.807) is 0 Å². The maximum Gasteiger partial charge on any atom is 0.306 e. The molecule has 2 heterocycles. The van der Waals surface area contributed by atoms with Crippen LogP contribution in [0.25, 0.3) is 0 Å². The van der Waals surface area contributed by atoms with Gasteiger partial charge in [0.25, 0.3) is 0 Å². The summed E-state index contributed by atoms with van der Waals surface area (Å²) in [5.41, 5.74) is 0. The number of ether oxygens (including phenoxy) is 6. The molecule has 15 heteroatoms. The van der Waals surface area contributed by atoms with Crippen LogP contribution in [-0.4, -0.2) is 142 Å². The zero-order chi connectivity index (χ0) is 43.3. The zero-order valence-electron chi connectivity index (χ0n) is 36.3. The van der Waals surface area contributed by atoms with Crippen LogP contribution < -0.4 is 0 Å². The Labute approximate surface area is 353 Å². The zero-order valence-corrected chi connectivity index (χ0v) is 36.3. The predicted octanol–water partition coefficient (Wildman–Crippen LogP) is 4.87. The summed E-state index contributed by atoms with van der Waals surface area (Å²) in [5.74, 6) is -0.920. The van der Waals surface area contributed by atoms with Gasteiger partial charge < -0.3 is 64.2 Å². The van der Waals surface area contributed by atoms with E-state index in [4.69, 9.17) is 28.4 Å². The van der Waals surface area contributed by atoms with Gasteiger partial charge in [-0.2, -0.15) is 0 Å². The molecule has 0 aromatic carbocycles. The van der Waals surface area contributed by atoms with Crippen molar-refractivity contribution in [2.45, 2.75) is 242 Å². The lowest BCUT2D eigenvalue weighted by atomic mass is 9.98. The Morgan fingerprint density at radius 1 is 0.475 bits per heavy atom. The molecule has 2 saturated heterocycles. The van der Waals surface area contributed by atoms with E-state index < -0.39 is 92.7 Å². The highest BCUT2D eigenvalue weighted by molar-refractivity contribution is 5.70. The maximum atomic E-state index is 12.8. The maximum absolute atomic E-state index is 12.8. The largest absolute Gasteiger partial charge is 0.462 e. The normalized spacial score (nSPS) is 27.7. The van der Waals surface area contributed by atoms with Gasteiger partial charge in [-0.05, 0) is 12.8 Å². The fourth-order valence-corrected chi connectivity index (χ4v) is 7.45. The first-order valence-corrected chi connectivity index (χ1v) is 23.1. The summed E-state index contributed by atoms with van der Waals surface area (Å²) >= 11 is 0. The highest BCUT2D eigenvalue weighted by Crippen LogP contribution is 2.26. The number of aliphatic hydroxyl groups is 7. The van der Waals surface area contributed by atoms with Gasteiger partial charge >= 0.3 is 11.9 Å². The summed E-state index contributed by atoms with van der Waals surface area (Å²) in [6.07, 6.45) is 10.2. The number of unbranched alkanes of at least 4 members (excludes halogenated alkanes) is 21. The van der Waals surface area contributed by atoms with Crippen molar-refractivity contribution in [3.05, 3.63) is 0 Å². The van der Waals surface area contributed by atoms with E-state index in [2.05, 4.69) is 13.8 Å². The van der Waals surface area contributed by atoms with Crippen LogP contribution in [0.15, 0.2) is 0 Å². The van der Waals surface area contributed by atoms with Crippen molar-refractivity contribution in [1.82, 2.24) is 0 Å². The molecule has 348 valence electrons. The molecule has 2 fully saturated rings. The minimum atomic E-state index is -1.76.